The Morgan fingerprint density at radius 2 is 1.51 bits per heavy atom. The van der Waals surface area contributed by atoms with E-state index in [1.54, 1.807) is 32.9 Å². The van der Waals surface area contributed by atoms with Crippen LogP contribution in [0.5, 0.6) is 5.75 Å². The molecular formula is C39H60N8O12. The zero-order chi connectivity index (χ0) is 44.0. The molecule has 2 aliphatic heterocycles. The highest BCUT2D eigenvalue weighted by Gasteiger charge is 2.42. The Bertz CT molecular complexity index is 1650. The van der Waals surface area contributed by atoms with E-state index in [2.05, 4.69) is 26.6 Å². The first-order valence-corrected chi connectivity index (χ1v) is 20.0. The Morgan fingerprint density at radius 3 is 2.07 bits per heavy atom. The van der Waals surface area contributed by atoms with E-state index in [1.165, 1.54) is 17.0 Å². The number of aliphatic hydroxyl groups is 1. The third-order valence-electron chi connectivity index (χ3n) is 10.6. The second kappa shape index (κ2) is 22.7. The van der Waals surface area contributed by atoms with Gasteiger partial charge >= 0.3 is 5.97 Å². The highest BCUT2D eigenvalue weighted by molar-refractivity contribution is 5.97. The van der Waals surface area contributed by atoms with Crippen LogP contribution in [-0.2, 0) is 49.5 Å². The quantitative estimate of drug-likeness (QED) is 0.0600. The van der Waals surface area contributed by atoms with E-state index in [1.807, 2.05) is 6.92 Å². The van der Waals surface area contributed by atoms with Crippen LogP contribution < -0.4 is 38.1 Å². The molecule has 2 saturated heterocycles. The summed E-state index contributed by atoms with van der Waals surface area (Å²) in [5, 5.41) is 41.8. The van der Waals surface area contributed by atoms with Crippen LogP contribution in [-0.4, -0.2) is 136 Å². The lowest BCUT2D eigenvalue weighted by atomic mass is 9.96. The number of carboxylic acid groups (broad SMARTS) is 1. The number of aromatic hydroxyl groups is 1. The number of hydrogen-bond acceptors (Lipinski definition) is 12. The van der Waals surface area contributed by atoms with Gasteiger partial charge in [0.05, 0.1) is 12.7 Å². The van der Waals surface area contributed by atoms with Crippen molar-refractivity contribution < 1.29 is 58.4 Å². The third-order valence-corrected chi connectivity index (χ3v) is 10.6. The average Bonchev–Trinajstić information content (AvgIpc) is 3.92. The fraction of sp³-hybridized carbons (Fsp3) is 0.641. The lowest BCUT2D eigenvalue weighted by Crippen LogP contribution is -2.62. The first-order valence-electron chi connectivity index (χ1n) is 20.0. The normalized spacial score (nSPS) is 19.9. The van der Waals surface area contributed by atoms with Gasteiger partial charge in [0.2, 0.25) is 41.4 Å². The summed E-state index contributed by atoms with van der Waals surface area (Å²) in [6.07, 6.45) is 0.428. The molecular weight excluding hydrogens is 772 g/mol. The van der Waals surface area contributed by atoms with Crippen LogP contribution in [0.2, 0.25) is 0 Å². The predicted octanol–water partition coefficient (Wildman–Crippen LogP) is -2.10. The highest BCUT2D eigenvalue weighted by atomic mass is 16.5. The van der Waals surface area contributed by atoms with Gasteiger partial charge in [-0.05, 0) is 61.6 Å². The van der Waals surface area contributed by atoms with E-state index in [0.717, 1.165) is 0 Å². The molecule has 59 heavy (non-hydrogen) atoms. The topological polar surface area (TPSA) is 322 Å². The molecule has 1 aromatic carbocycles. The molecule has 20 nitrogen and oxygen atoms in total. The lowest BCUT2D eigenvalue weighted by Gasteiger charge is -2.32. The maximum absolute atomic E-state index is 14.5. The number of primary amides is 1. The number of rotatable bonds is 22. The molecule has 3 rings (SSSR count). The summed E-state index contributed by atoms with van der Waals surface area (Å²) in [5.41, 5.74) is 11.4. The van der Waals surface area contributed by atoms with E-state index >= 15 is 0 Å². The van der Waals surface area contributed by atoms with Crippen LogP contribution in [0.1, 0.15) is 78.2 Å². The van der Waals surface area contributed by atoms with Crippen LogP contribution >= 0.6 is 0 Å². The second-order valence-corrected chi connectivity index (χ2v) is 15.5. The van der Waals surface area contributed by atoms with Gasteiger partial charge in [-0.3, -0.25) is 33.6 Å². The molecule has 7 amide bonds. The minimum absolute atomic E-state index is 0.0426. The number of hydrogen-bond donors (Lipinski definition) is 10. The zero-order valence-electron chi connectivity index (χ0n) is 34.0. The first-order chi connectivity index (χ1) is 27.9. The number of nitrogens with zero attached hydrogens (tertiary/aromatic N) is 1. The third kappa shape index (κ3) is 13.9. The summed E-state index contributed by atoms with van der Waals surface area (Å²) < 4.78 is 5.78. The molecule has 20 heteroatoms. The van der Waals surface area contributed by atoms with E-state index in [-0.39, 0.29) is 44.6 Å². The molecule has 0 bridgehead atoms. The van der Waals surface area contributed by atoms with Gasteiger partial charge in [-0.2, -0.15) is 0 Å². The number of nitrogens with one attached hydrogen (secondary N) is 5. The fourth-order valence-electron chi connectivity index (χ4n) is 6.90. The summed E-state index contributed by atoms with van der Waals surface area (Å²) in [4.78, 5) is 107. The van der Waals surface area contributed by atoms with Crippen LogP contribution in [0.4, 0.5) is 0 Å². The van der Waals surface area contributed by atoms with Crippen molar-refractivity contribution in [3.05, 3.63) is 29.8 Å². The zero-order valence-corrected chi connectivity index (χ0v) is 34.0. The Labute approximate surface area is 342 Å². The molecule has 9 atom stereocenters. The number of nitrogens with two attached hydrogens (primary N) is 2. The number of ether oxygens (including phenoxy) is 1. The van der Waals surface area contributed by atoms with E-state index in [0.29, 0.717) is 31.2 Å². The van der Waals surface area contributed by atoms with E-state index < -0.39 is 114 Å². The second-order valence-electron chi connectivity index (χ2n) is 15.5. The predicted molar refractivity (Wildman–Crippen MR) is 211 cm³/mol. The molecule has 0 saturated carbocycles. The van der Waals surface area contributed by atoms with Crippen LogP contribution in [0, 0.1) is 11.8 Å². The lowest BCUT2D eigenvalue weighted by molar-refractivity contribution is -0.145. The molecule has 0 aromatic heterocycles. The summed E-state index contributed by atoms with van der Waals surface area (Å²) in [7, 11) is 0. The number of aliphatic carboxylic acids is 1. The summed E-state index contributed by atoms with van der Waals surface area (Å²) in [6, 6.07) is -3.00. The number of likely N-dealkylation sites (tertiary alicyclic amines) is 1. The first kappa shape index (κ1) is 48.0. The molecule has 12 N–H and O–H groups in total. The molecule has 0 radical (unpaired) electrons. The van der Waals surface area contributed by atoms with Crippen molar-refractivity contribution in [1.29, 1.82) is 0 Å². The Kier molecular flexibility index (Phi) is 18.5. The SMILES string of the molecule is CC[C@H](C)[C@H](NC(=O)[C@@H]1CCCN1C(=O)[C@H](Cc1ccc(O)cc1)NC(=O)[C@@H](NC(=O)[C@H](CCC(N)=O)NC(=O)[C@@H](N)CO)C1CCCO1)C(=O)N[C@H](C(=O)O)C(C)C. The minimum atomic E-state index is -1.41. The maximum atomic E-state index is 14.5. The van der Waals surface area contributed by atoms with Crippen LogP contribution in [0.25, 0.3) is 0 Å². The monoisotopic (exact) mass is 832 g/mol. The molecule has 2 heterocycles. The number of benzene rings is 1. The van der Waals surface area contributed by atoms with Crippen molar-refractivity contribution in [3.63, 3.8) is 0 Å². The van der Waals surface area contributed by atoms with Crippen LogP contribution in [0.15, 0.2) is 24.3 Å². The van der Waals surface area contributed by atoms with Crippen molar-refractivity contribution in [2.24, 2.45) is 23.3 Å². The standard InChI is InChI=1S/C39H60N8O12/c1-5-21(4)31(36(54)44-30(20(2)3)39(57)58)45-35(53)27-8-6-16-47(27)38(56)26(18-22-10-12-23(49)13-11-22)43-37(55)32(28-9-7-17-59-28)46-34(52)25(14-15-29(41)50)42-33(51)24(40)19-48/h10-13,20-21,24-28,30-32,48-49H,5-9,14-19,40H2,1-4H3,(H2,41,50)(H,42,51)(H,43,55)(H,44,54)(H,45,53)(H,46,52)(H,57,58)/t21-,24-,25-,26-,27-,28?,30-,31-,32-/m0/s1. The van der Waals surface area contributed by atoms with Crippen molar-refractivity contribution in [3.8, 4) is 5.75 Å². The summed E-state index contributed by atoms with van der Waals surface area (Å²) in [6.45, 7) is 6.49. The number of aliphatic hydroxyl groups excluding tert-OH is 1. The van der Waals surface area contributed by atoms with Gasteiger partial charge in [0, 0.05) is 26.0 Å². The van der Waals surface area contributed by atoms with Gasteiger partial charge in [0.15, 0.2) is 0 Å². The van der Waals surface area contributed by atoms with Gasteiger partial charge in [-0.15, -0.1) is 0 Å². The Morgan fingerprint density at radius 1 is 0.847 bits per heavy atom. The number of phenols is 1. The molecule has 2 fully saturated rings. The van der Waals surface area contributed by atoms with Crippen molar-refractivity contribution in [2.75, 3.05) is 19.8 Å². The maximum Gasteiger partial charge on any atom is 0.326 e. The van der Waals surface area contributed by atoms with Gasteiger partial charge in [-0.25, -0.2) is 4.79 Å². The van der Waals surface area contributed by atoms with Crippen molar-refractivity contribution in [2.45, 2.75) is 127 Å². The Balaban J connectivity index is 1.92. The van der Waals surface area contributed by atoms with Crippen LogP contribution in [0.3, 0.4) is 0 Å². The largest absolute Gasteiger partial charge is 0.508 e. The van der Waals surface area contributed by atoms with E-state index in [4.69, 9.17) is 16.2 Å². The van der Waals surface area contributed by atoms with Gasteiger partial charge in [0.1, 0.15) is 48.0 Å². The molecule has 328 valence electrons. The number of carboxylic acids is 1. The molecule has 2 aliphatic rings. The van der Waals surface area contributed by atoms with Gasteiger partial charge in [-0.1, -0.05) is 46.2 Å². The number of amides is 7. The number of phenolic OH excluding ortho intramolecular Hbond substituents is 1. The van der Waals surface area contributed by atoms with Gasteiger partial charge in [0.25, 0.3) is 0 Å². The number of carbonyl (C=O) groups is 8. The smallest absolute Gasteiger partial charge is 0.326 e. The fourth-order valence-corrected chi connectivity index (χ4v) is 6.90. The minimum Gasteiger partial charge on any atom is -0.508 e. The molecule has 1 aromatic rings. The van der Waals surface area contributed by atoms with Crippen molar-refractivity contribution in [1.82, 2.24) is 31.5 Å². The highest BCUT2D eigenvalue weighted by Crippen LogP contribution is 2.23. The molecule has 1 unspecified atom stereocenters. The van der Waals surface area contributed by atoms with Crippen molar-refractivity contribution >= 4 is 47.3 Å². The average molecular weight is 833 g/mol. The summed E-state index contributed by atoms with van der Waals surface area (Å²) in [5.74, 6) is -7.48. The molecule has 0 spiro atoms. The van der Waals surface area contributed by atoms with Gasteiger partial charge < -0.3 is 63.0 Å². The summed E-state index contributed by atoms with van der Waals surface area (Å²) >= 11 is 0. The Hall–Kier alpha value is -5.34. The number of carbonyl (C=O) groups excluding carboxylic acids is 7. The van der Waals surface area contributed by atoms with E-state index in [9.17, 15) is 53.7 Å². The molecule has 0 aliphatic carbocycles.